The summed E-state index contributed by atoms with van der Waals surface area (Å²) in [5, 5.41) is -0.328. The molecule has 1 atom stereocenters. The highest BCUT2D eigenvalue weighted by Gasteiger charge is 2.32. The number of halogens is 2. The fourth-order valence-corrected chi connectivity index (χ4v) is 4.25. The van der Waals surface area contributed by atoms with Crippen LogP contribution in [0.1, 0.15) is 25.3 Å². The van der Waals surface area contributed by atoms with Crippen molar-refractivity contribution in [2.24, 2.45) is 0 Å². The molecule has 1 heterocycles. The van der Waals surface area contributed by atoms with Crippen LogP contribution >= 0.6 is 15.9 Å². The van der Waals surface area contributed by atoms with Crippen LogP contribution in [0.3, 0.4) is 0 Å². The van der Waals surface area contributed by atoms with Crippen LogP contribution in [0.5, 0.6) is 0 Å². The molecule has 1 aliphatic heterocycles. The molecule has 6 heteroatoms. The zero-order chi connectivity index (χ0) is 13.3. The average Bonchev–Trinajstić information content (AvgIpc) is 2.28. The average molecular weight is 336 g/mol. The largest absolute Gasteiger partial charge is 0.217 e. The first-order valence-corrected chi connectivity index (χ1v) is 8.14. The van der Waals surface area contributed by atoms with Crippen LogP contribution in [0.25, 0.3) is 0 Å². The molecule has 1 fully saturated rings. The molecule has 1 aliphatic rings. The third kappa shape index (κ3) is 2.75. The summed E-state index contributed by atoms with van der Waals surface area (Å²) in [6.45, 7) is 2.57. The zero-order valence-electron chi connectivity index (χ0n) is 10.1. The summed E-state index contributed by atoms with van der Waals surface area (Å²) in [6.07, 6.45) is 1.59. The zero-order valence-corrected chi connectivity index (χ0v) is 12.5. The fourth-order valence-electron chi connectivity index (χ4n) is 2.09. The first-order valence-electron chi connectivity index (χ1n) is 5.84. The van der Waals surface area contributed by atoms with E-state index in [1.807, 2.05) is 0 Å². The Hall–Kier alpha value is -0.460. The minimum atomic E-state index is -3.21. The second-order valence-corrected chi connectivity index (χ2v) is 7.77. The molecule has 18 heavy (non-hydrogen) atoms. The van der Waals surface area contributed by atoms with E-state index in [1.165, 1.54) is 16.4 Å². The van der Waals surface area contributed by atoms with Crippen LogP contribution < -0.4 is 0 Å². The van der Waals surface area contributed by atoms with Crippen LogP contribution in [0.4, 0.5) is 4.39 Å². The summed E-state index contributed by atoms with van der Waals surface area (Å²) in [4.78, 5) is 0. The maximum atomic E-state index is 13.0. The van der Waals surface area contributed by atoms with Gasteiger partial charge in [0.1, 0.15) is 5.82 Å². The van der Waals surface area contributed by atoms with Crippen LogP contribution in [0, 0.1) is 5.82 Å². The Labute approximate surface area is 115 Å². The van der Waals surface area contributed by atoms with Gasteiger partial charge in [0.2, 0.25) is 10.0 Å². The molecule has 1 unspecified atom stereocenters. The Morgan fingerprint density at radius 2 is 2.22 bits per heavy atom. The minimum absolute atomic E-state index is 0.299. The van der Waals surface area contributed by atoms with Crippen LogP contribution in [0.2, 0.25) is 0 Å². The predicted octanol–water partition coefficient (Wildman–Crippen LogP) is 2.90. The van der Waals surface area contributed by atoms with E-state index in [-0.39, 0.29) is 11.1 Å². The van der Waals surface area contributed by atoms with Gasteiger partial charge in [-0.25, -0.2) is 12.8 Å². The Morgan fingerprint density at radius 3 is 2.89 bits per heavy atom. The van der Waals surface area contributed by atoms with Gasteiger partial charge in [0.05, 0.1) is 5.25 Å². The molecule has 0 spiro atoms. The number of rotatable bonds is 2. The van der Waals surface area contributed by atoms with E-state index in [2.05, 4.69) is 15.9 Å². The molecule has 0 saturated carbocycles. The van der Waals surface area contributed by atoms with E-state index in [9.17, 15) is 12.8 Å². The topological polar surface area (TPSA) is 37.4 Å². The van der Waals surface area contributed by atoms with Crippen LogP contribution in [-0.2, 0) is 16.6 Å². The molecule has 1 aromatic carbocycles. The summed E-state index contributed by atoms with van der Waals surface area (Å²) in [5.41, 5.74) is 0.786. The molecule has 1 aromatic rings. The number of nitrogens with zero attached hydrogens (tertiary/aromatic N) is 1. The van der Waals surface area contributed by atoms with E-state index >= 15 is 0 Å². The Morgan fingerprint density at radius 1 is 1.50 bits per heavy atom. The van der Waals surface area contributed by atoms with Crippen molar-refractivity contribution in [2.45, 2.75) is 31.6 Å². The molecule has 0 aromatic heterocycles. The van der Waals surface area contributed by atoms with Crippen LogP contribution in [-0.4, -0.2) is 24.5 Å². The molecule has 0 radical (unpaired) electrons. The van der Waals surface area contributed by atoms with E-state index in [0.717, 1.165) is 12.0 Å². The van der Waals surface area contributed by atoms with Crippen molar-refractivity contribution >= 4 is 26.0 Å². The van der Waals surface area contributed by atoms with Crippen molar-refractivity contribution in [1.82, 2.24) is 4.31 Å². The van der Waals surface area contributed by atoms with E-state index in [1.54, 1.807) is 13.0 Å². The number of benzene rings is 1. The van der Waals surface area contributed by atoms with Crippen LogP contribution in [0.15, 0.2) is 22.7 Å². The summed E-state index contributed by atoms with van der Waals surface area (Å²) in [6, 6.07) is 4.32. The third-order valence-corrected chi connectivity index (χ3v) is 6.27. The van der Waals surface area contributed by atoms with Gasteiger partial charge in [-0.2, -0.15) is 4.31 Å². The first-order chi connectivity index (χ1) is 8.41. The monoisotopic (exact) mass is 335 g/mol. The lowest BCUT2D eigenvalue weighted by Gasteiger charge is -2.30. The van der Waals surface area contributed by atoms with E-state index in [4.69, 9.17) is 0 Å². The van der Waals surface area contributed by atoms with E-state index in [0.29, 0.717) is 24.0 Å². The molecule has 2 rings (SSSR count). The summed E-state index contributed by atoms with van der Waals surface area (Å²) >= 11 is 3.27. The highest BCUT2D eigenvalue weighted by molar-refractivity contribution is 9.10. The molecule has 3 nitrogen and oxygen atoms in total. The second-order valence-electron chi connectivity index (χ2n) is 4.57. The number of sulfonamides is 1. The molecular formula is C12H15BrFNO2S. The molecule has 0 bridgehead atoms. The lowest BCUT2D eigenvalue weighted by Crippen LogP contribution is -2.41. The second kappa shape index (κ2) is 5.27. The van der Waals surface area contributed by atoms with Crippen molar-refractivity contribution in [3.8, 4) is 0 Å². The summed E-state index contributed by atoms with van der Waals surface area (Å²) in [5.74, 6) is -0.333. The Balaban J connectivity index is 2.23. The summed E-state index contributed by atoms with van der Waals surface area (Å²) < 4.78 is 39.3. The lowest BCUT2D eigenvalue weighted by molar-refractivity contribution is 0.361. The van der Waals surface area contributed by atoms with Crippen molar-refractivity contribution in [3.63, 3.8) is 0 Å². The molecule has 100 valence electrons. The van der Waals surface area contributed by atoms with Gasteiger partial charge >= 0.3 is 0 Å². The van der Waals surface area contributed by atoms with Gasteiger partial charge in [-0.05, 0) is 37.5 Å². The van der Waals surface area contributed by atoms with Gasteiger partial charge in [-0.3, -0.25) is 0 Å². The van der Waals surface area contributed by atoms with Crippen molar-refractivity contribution in [3.05, 3.63) is 34.1 Å². The van der Waals surface area contributed by atoms with Gasteiger partial charge < -0.3 is 0 Å². The van der Waals surface area contributed by atoms with Crippen molar-refractivity contribution in [2.75, 3.05) is 6.54 Å². The maximum Gasteiger partial charge on any atom is 0.217 e. The number of hydrogen-bond donors (Lipinski definition) is 0. The Kier molecular flexibility index (Phi) is 4.08. The van der Waals surface area contributed by atoms with Gasteiger partial charge in [-0.1, -0.05) is 22.0 Å². The third-order valence-electron chi connectivity index (χ3n) is 3.25. The standard InChI is InChI=1S/C12H15BrFNO2S/c1-9-3-2-6-15(18(9,16)17)8-10-4-5-11(14)7-12(10)13/h4-5,7,9H,2-3,6,8H2,1H3. The van der Waals surface area contributed by atoms with Gasteiger partial charge in [-0.15, -0.1) is 0 Å². The minimum Gasteiger partial charge on any atom is -0.212 e. The highest BCUT2D eigenvalue weighted by Crippen LogP contribution is 2.26. The molecule has 0 amide bonds. The van der Waals surface area contributed by atoms with Gasteiger partial charge in [0.15, 0.2) is 0 Å². The maximum absolute atomic E-state index is 13.0. The highest BCUT2D eigenvalue weighted by atomic mass is 79.9. The summed E-state index contributed by atoms with van der Waals surface area (Å²) in [7, 11) is -3.21. The fraction of sp³-hybridized carbons (Fsp3) is 0.500. The molecule has 0 aliphatic carbocycles. The Bertz CT molecular complexity index is 547. The normalized spacial score (nSPS) is 24.1. The van der Waals surface area contributed by atoms with Crippen molar-refractivity contribution < 1.29 is 12.8 Å². The van der Waals surface area contributed by atoms with Gasteiger partial charge in [0, 0.05) is 17.6 Å². The molecular weight excluding hydrogens is 321 g/mol. The van der Waals surface area contributed by atoms with Gasteiger partial charge in [0.25, 0.3) is 0 Å². The predicted molar refractivity (Wildman–Crippen MR) is 72.1 cm³/mol. The first kappa shape index (κ1) is 14.0. The SMILES string of the molecule is CC1CCCN(Cc2ccc(F)cc2Br)S1(=O)=O. The molecule has 1 saturated heterocycles. The number of hydrogen-bond acceptors (Lipinski definition) is 2. The lowest BCUT2D eigenvalue weighted by atomic mass is 10.2. The van der Waals surface area contributed by atoms with Crippen molar-refractivity contribution in [1.29, 1.82) is 0 Å². The van der Waals surface area contributed by atoms with E-state index < -0.39 is 10.0 Å². The smallest absolute Gasteiger partial charge is 0.212 e. The quantitative estimate of drug-likeness (QED) is 0.833. The molecule has 0 N–H and O–H groups in total.